The van der Waals surface area contributed by atoms with E-state index in [-0.39, 0.29) is 0 Å². The molecule has 1 atom stereocenters. The number of hydrogen-bond donors (Lipinski definition) is 0. The molecule has 0 aliphatic heterocycles. The van der Waals surface area contributed by atoms with Gasteiger partial charge in [-0.05, 0) is 38.5 Å². The Hall–Kier alpha value is -1.57. The number of rotatable bonds is 8. The van der Waals surface area contributed by atoms with Crippen molar-refractivity contribution in [3.8, 4) is 0 Å². The molecule has 0 saturated heterocycles. The predicted octanol–water partition coefficient (Wildman–Crippen LogP) is 3.52. The van der Waals surface area contributed by atoms with Crippen LogP contribution < -0.4 is 0 Å². The first-order valence-corrected chi connectivity index (χ1v) is 7.54. The molecule has 0 aromatic rings. The molecule has 0 bridgehead atoms. The van der Waals surface area contributed by atoms with E-state index in [0.29, 0.717) is 6.04 Å². The van der Waals surface area contributed by atoms with Crippen molar-refractivity contribution in [3.05, 3.63) is 42.2 Å². The molecule has 0 rings (SSSR count). The second-order valence-corrected chi connectivity index (χ2v) is 5.27. The topological polar surface area (TPSA) is 18.8 Å². The van der Waals surface area contributed by atoms with Crippen molar-refractivity contribution in [2.75, 3.05) is 34.7 Å². The van der Waals surface area contributed by atoms with Crippen molar-refractivity contribution in [3.63, 3.8) is 0 Å². The Morgan fingerprint density at radius 1 is 1.29 bits per heavy atom. The Labute approximate surface area is 131 Å². The van der Waals surface area contributed by atoms with Gasteiger partial charge in [-0.15, -0.1) is 5.73 Å². The summed E-state index contributed by atoms with van der Waals surface area (Å²) in [5, 5.41) is 0. The SMILES string of the molecule is C=C/C=C\C=C=C(CC)CCN(C)C(C)C(=NC)N(C)C. The molecule has 0 spiro atoms. The maximum absolute atomic E-state index is 4.38. The van der Waals surface area contributed by atoms with Gasteiger partial charge in [-0.2, -0.15) is 0 Å². The van der Waals surface area contributed by atoms with Crippen LogP contribution in [0.1, 0.15) is 26.7 Å². The summed E-state index contributed by atoms with van der Waals surface area (Å²) in [6.07, 6.45) is 9.66. The number of aliphatic imine (C=N–C) groups is 1. The number of nitrogens with zero attached hydrogens (tertiary/aromatic N) is 3. The average Bonchev–Trinajstić information content (AvgIpc) is 2.46. The van der Waals surface area contributed by atoms with E-state index in [1.54, 1.807) is 6.08 Å². The van der Waals surface area contributed by atoms with Crippen LogP contribution in [0, 0.1) is 0 Å². The van der Waals surface area contributed by atoms with Crippen molar-refractivity contribution < 1.29 is 0 Å². The molecule has 0 aromatic heterocycles. The molecule has 3 heteroatoms. The van der Waals surface area contributed by atoms with Crippen molar-refractivity contribution in [1.29, 1.82) is 0 Å². The van der Waals surface area contributed by atoms with E-state index >= 15 is 0 Å². The summed E-state index contributed by atoms with van der Waals surface area (Å²) in [6, 6.07) is 0.313. The third-order valence-electron chi connectivity index (χ3n) is 3.55. The first kappa shape index (κ1) is 19.4. The highest BCUT2D eigenvalue weighted by Crippen LogP contribution is 2.09. The van der Waals surface area contributed by atoms with Crippen LogP contribution in [0.25, 0.3) is 0 Å². The molecule has 0 aromatic carbocycles. The van der Waals surface area contributed by atoms with E-state index in [1.807, 2.05) is 39.4 Å². The van der Waals surface area contributed by atoms with Gasteiger partial charge in [0.1, 0.15) is 5.84 Å². The molecule has 0 aliphatic carbocycles. The summed E-state index contributed by atoms with van der Waals surface area (Å²) in [6.45, 7) is 9.03. The van der Waals surface area contributed by atoms with Crippen LogP contribution in [-0.4, -0.2) is 56.4 Å². The van der Waals surface area contributed by atoms with Gasteiger partial charge in [0, 0.05) is 27.7 Å². The van der Waals surface area contributed by atoms with Crippen LogP contribution in [-0.2, 0) is 0 Å². The van der Waals surface area contributed by atoms with Gasteiger partial charge in [0.25, 0.3) is 0 Å². The normalized spacial score (nSPS) is 13.2. The van der Waals surface area contributed by atoms with Crippen LogP contribution in [0.2, 0.25) is 0 Å². The quantitative estimate of drug-likeness (QED) is 0.295. The Morgan fingerprint density at radius 2 is 1.95 bits per heavy atom. The van der Waals surface area contributed by atoms with Crippen LogP contribution in [0.4, 0.5) is 0 Å². The summed E-state index contributed by atoms with van der Waals surface area (Å²) in [7, 11) is 8.08. The van der Waals surface area contributed by atoms with E-state index in [9.17, 15) is 0 Å². The minimum absolute atomic E-state index is 0.313. The Bertz CT molecular complexity index is 424. The molecular formula is C18H31N3. The highest BCUT2D eigenvalue weighted by molar-refractivity contribution is 5.86. The Morgan fingerprint density at radius 3 is 2.43 bits per heavy atom. The van der Waals surface area contributed by atoms with Crippen LogP contribution in [0.15, 0.2) is 47.2 Å². The fourth-order valence-corrected chi connectivity index (χ4v) is 2.11. The second kappa shape index (κ2) is 11.1. The molecule has 118 valence electrons. The van der Waals surface area contributed by atoms with E-state index in [4.69, 9.17) is 0 Å². The van der Waals surface area contributed by atoms with Gasteiger partial charge < -0.3 is 4.90 Å². The zero-order valence-electron chi connectivity index (χ0n) is 14.6. The lowest BCUT2D eigenvalue weighted by atomic mass is 10.1. The van der Waals surface area contributed by atoms with E-state index in [1.165, 1.54) is 5.57 Å². The zero-order chi connectivity index (χ0) is 16.3. The number of hydrogen-bond acceptors (Lipinski definition) is 2. The summed E-state index contributed by atoms with van der Waals surface area (Å²) < 4.78 is 0. The zero-order valence-corrected chi connectivity index (χ0v) is 14.6. The summed E-state index contributed by atoms with van der Waals surface area (Å²) in [5.41, 5.74) is 4.69. The first-order valence-electron chi connectivity index (χ1n) is 7.54. The van der Waals surface area contributed by atoms with Crippen LogP contribution in [0.3, 0.4) is 0 Å². The maximum atomic E-state index is 4.38. The molecular weight excluding hydrogens is 258 g/mol. The number of amidine groups is 1. The summed E-state index contributed by atoms with van der Waals surface area (Å²) in [4.78, 5) is 8.79. The molecule has 0 amide bonds. The smallest absolute Gasteiger partial charge is 0.115 e. The fourth-order valence-electron chi connectivity index (χ4n) is 2.11. The van der Waals surface area contributed by atoms with Crippen LogP contribution in [0.5, 0.6) is 0 Å². The number of allylic oxidation sites excluding steroid dienone is 3. The highest BCUT2D eigenvalue weighted by Gasteiger charge is 2.16. The van der Waals surface area contributed by atoms with Crippen LogP contribution >= 0.6 is 0 Å². The van der Waals surface area contributed by atoms with Gasteiger partial charge in [-0.25, -0.2) is 0 Å². The van der Waals surface area contributed by atoms with Crippen molar-refractivity contribution in [2.24, 2.45) is 4.99 Å². The molecule has 0 heterocycles. The lowest BCUT2D eigenvalue weighted by Crippen LogP contribution is -2.43. The molecule has 0 N–H and O–H groups in total. The van der Waals surface area contributed by atoms with Gasteiger partial charge in [0.2, 0.25) is 0 Å². The largest absolute Gasteiger partial charge is 0.365 e. The molecule has 3 nitrogen and oxygen atoms in total. The van der Waals surface area contributed by atoms with Crippen molar-refractivity contribution in [1.82, 2.24) is 9.80 Å². The van der Waals surface area contributed by atoms with Gasteiger partial charge in [0.15, 0.2) is 0 Å². The maximum Gasteiger partial charge on any atom is 0.115 e. The lowest BCUT2D eigenvalue weighted by Gasteiger charge is -2.29. The highest BCUT2D eigenvalue weighted by atomic mass is 15.2. The number of likely N-dealkylation sites (N-methyl/N-ethyl adjacent to an activating group) is 2. The Balaban J connectivity index is 4.64. The monoisotopic (exact) mass is 289 g/mol. The molecule has 0 aliphatic rings. The average molecular weight is 289 g/mol. The molecule has 1 unspecified atom stereocenters. The standard InChI is InChI=1S/C18H31N3/c1-8-10-11-12-13-17(9-2)14-15-21(7)16(3)18(19-4)20(5)6/h8,10-12,16H,1,9,14-15H2,2-7H3/b11-10-,19-18?. The Kier molecular flexibility index (Phi) is 10.3. The van der Waals surface area contributed by atoms with Crippen molar-refractivity contribution >= 4 is 5.84 Å². The van der Waals surface area contributed by atoms with E-state index in [2.05, 4.69) is 48.0 Å². The molecule has 0 radical (unpaired) electrons. The first-order chi connectivity index (χ1) is 9.97. The summed E-state index contributed by atoms with van der Waals surface area (Å²) >= 11 is 0. The third-order valence-corrected chi connectivity index (χ3v) is 3.55. The lowest BCUT2D eigenvalue weighted by molar-refractivity contribution is 0.300. The van der Waals surface area contributed by atoms with E-state index < -0.39 is 0 Å². The molecule has 0 fully saturated rings. The van der Waals surface area contributed by atoms with Gasteiger partial charge in [-0.1, -0.05) is 31.7 Å². The van der Waals surface area contributed by atoms with Gasteiger partial charge in [-0.3, -0.25) is 9.89 Å². The molecule has 21 heavy (non-hydrogen) atoms. The fraction of sp³-hybridized carbons (Fsp3) is 0.556. The van der Waals surface area contributed by atoms with Gasteiger partial charge in [0.05, 0.1) is 6.04 Å². The van der Waals surface area contributed by atoms with E-state index in [0.717, 1.165) is 25.2 Å². The van der Waals surface area contributed by atoms with Crippen molar-refractivity contribution in [2.45, 2.75) is 32.7 Å². The third kappa shape index (κ3) is 7.69. The second-order valence-electron chi connectivity index (χ2n) is 5.27. The summed E-state index contributed by atoms with van der Waals surface area (Å²) in [5.74, 6) is 1.10. The molecule has 0 saturated carbocycles. The minimum atomic E-state index is 0.313. The predicted molar refractivity (Wildman–Crippen MR) is 95.0 cm³/mol. The minimum Gasteiger partial charge on any atom is -0.365 e. The van der Waals surface area contributed by atoms with Gasteiger partial charge >= 0.3 is 0 Å².